The lowest BCUT2D eigenvalue weighted by Gasteiger charge is -2.22. The Morgan fingerprint density at radius 1 is 0.840 bits per heavy atom. The summed E-state index contributed by atoms with van der Waals surface area (Å²) in [6.07, 6.45) is 0. The van der Waals surface area contributed by atoms with E-state index < -0.39 is 11.6 Å². The molecule has 0 saturated carbocycles. The predicted octanol–water partition coefficient (Wildman–Crippen LogP) is 6.42. The molecule has 0 heterocycles. The summed E-state index contributed by atoms with van der Waals surface area (Å²) in [5.41, 5.74) is 7.25. The molecular formula is C22H22F2O. The molecular weight excluding hydrogens is 318 g/mol. The van der Waals surface area contributed by atoms with Crippen molar-refractivity contribution >= 4 is 0 Å². The molecule has 0 amide bonds. The summed E-state index contributed by atoms with van der Waals surface area (Å²) >= 11 is 0. The first-order valence-corrected chi connectivity index (χ1v) is 8.37. The summed E-state index contributed by atoms with van der Waals surface area (Å²) in [7, 11) is 0. The fraction of sp³-hybridized carbons (Fsp3) is 0.273. The molecule has 0 bridgehead atoms. The highest BCUT2D eigenvalue weighted by molar-refractivity contribution is 5.78. The molecule has 1 N–H and O–H groups in total. The van der Waals surface area contributed by atoms with Crippen molar-refractivity contribution in [1.29, 1.82) is 0 Å². The first-order valence-electron chi connectivity index (χ1n) is 8.37. The number of rotatable bonds is 2. The van der Waals surface area contributed by atoms with Gasteiger partial charge in [0.05, 0.1) is 0 Å². The van der Waals surface area contributed by atoms with Crippen LogP contribution in [0.4, 0.5) is 8.78 Å². The lowest BCUT2D eigenvalue weighted by atomic mass is 9.82. The Morgan fingerprint density at radius 3 is 1.96 bits per heavy atom. The third-order valence-corrected chi connectivity index (χ3v) is 5.54. The minimum Gasteiger partial charge on any atom is -0.507 e. The number of phenolic OH excluding ortho intramolecular Hbond substituents is 1. The molecule has 1 aliphatic carbocycles. The molecule has 1 aliphatic rings. The molecule has 2 aromatic carbocycles. The van der Waals surface area contributed by atoms with Crippen molar-refractivity contribution in [2.45, 2.75) is 40.5 Å². The quantitative estimate of drug-likeness (QED) is 0.669. The molecule has 3 rings (SSSR count). The topological polar surface area (TPSA) is 20.2 Å². The van der Waals surface area contributed by atoms with Crippen LogP contribution in [-0.2, 0) is 0 Å². The number of aryl methyl sites for hydroxylation is 1. The number of hydrogen-bond acceptors (Lipinski definition) is 1. The van der Waals surface area contributed by atoms with Gasteiger partial charge in [-0.3, -0.25) is 0 Å². The van der Waals surface area contributed by atoms with Crippen molar-refractivity contribution in [2.24, 2.45) is 0 Å². The predicted molar refractivity (Wildman–Crippen MR) is 97.7 cm³/mol. The van der Waals surface area contributed by atoms with Gasteiger partial charge in [-0.1, -0.05) is 23.3 Å². The minimum atomic E-state index is -0.906. The second kappa shape index (κ2) is 6.14. The van der Waals surface area contributed by atoms with E-state index in [4.69, 9.17) is 0 Å². The Labute approximate surface area is 147 Å². The largest absolute Gasteiger partial charge is 0.507 e. The van der Waals surface area contributed by atoms with Crippen LogP contribution in [0.1, 0.15) is 44.7 Å². The van der Waals surface area contributed by atoms with Gasteiger partial charge in [0.2, 0.25) is 0 Å². The third kappa shape index (κ3) is 2.68. The highest BCUT2D eigenvalue weighted by atomic mass is 19.2. The van der Waals surface area contributed by atoms with Gasteiger partial charge in [0.25, 0.3) is 0 Å². The summed E-state index contributed by atoms with van der Waals surface area (Å²) in [5, 5.41) is 10.4. The van der Waals surface area contributed by atoms with Gasteiger partial charge in [0, 0.05) is 11.5 Å². The number of phenols is 1. The van der Waals surface area contributed by atoms with E-state index >= 15 is 0 Å². The van der Waals surface area contributed by atoms with Crippen LogP contribution in [-0.4, -0.2) is 5.11 Å². The molecule has 0 aliphatic heterocycles. The van der Waals surface area contributed by atoms with Crippen molar-refractivity contribution in [3.63, 3.8) is 0 Å². The van der Waals surface area contributed by atoms with Gasteiger partial charge in [0.15, 0.2) is 11.6 Å². The van der Waals surface area contributed by atoms with Crippen LogP contribution >= 0.6 is 0 Å². The van der Waals surface area contributed by atoms with Gasteiger partial charge in [-0.05, 0) is 80.7 Å². The molecule has 1 nitrogen and oxygen atoms in total. The SMILES string of the molecule is CC1=C(C)C(c2cc(F)c(F)cc2-c2c(C)cccc2O)C(C)=C1C. The summed E-state index contributed by atoms with van der Waals surface area (Å²) < 4.78 is 28.2. The zero-order chi connectivity index (χ0) is 18.5. The molecule has 0 fully saturated rings. The molecule has 0 unspecified atom stereocenters. The van der Waals surface area contributed by atoms with Crippen molar-refractivity contribution in [2.75, 3.05) is 0 Å². The number of hydrogen-bond donors (Lipinski definition) is 1. The number of benzene rings is 2. The highest BCUT2D eigenvalue weighted by Crippen LogP contribution is 2.48. The number of allylic oxidation sites excluding steroid dienone is 4. The van der Waals surface area contributed by atoms with Gasteiger partial charge in [-0.15, -0.1) is 0 Å². The Hall–Kier alpha value is -2.42. The molecule has 0 radical (unpaired) electrons. The lowest BCUT2D eigenvalue weighted by molar-refractivity contribution is 0.476. The standard InChI is InChI=1S/C22H22F2O/c1-11-7-6-8-20(25)21(11)16-9-18(23)19(24)10-17(16)22-14(4)12(2)13(3)15(22)5/h6-10,22,25H,1-5H3. The van der Waals surface area contributed by atoms with Crippen LogP contribution < -0.4 is 0 Å². The van der Waals surface area contributed by atoms with Crippen molar-refractivity contribution < 1.29 is 13.9 Å². The maximum Gasteiger partial charge on any atom is 0.159 e. The highest BCUT2D eigenvalue weighted by Gasteiger charge is 2.30. The molecule has 3 heteroatoms. The molecule has 2 aromatic rings. The zero-order valence-corrected chi connectivity index (χ0v) is 15.2. The molecule has 130 valence electrons. The molecule has 0 spiro atoms. The average molecular weight is 340 g/mol. The average Bonchev–Trinajstić information content (AvgIpc) is 2.74. The molecule has 25 heavy (non-hydrogen) atoms. The molecule has 0 atom stereocenters. The summed E-state index contributed by atoms with van der Waals surface area (Å²) in [6.45, 7) is 10.0. The van der Waals surface area contributed by atoms with E-state index in [1.54, 1.807) is 12.1 Å². The number of halogens is 2. The zero-order valence-electron chi connectivity index (χ0n) is 15.2. The first kappa shape index (κ1) is 17.4. The van der Waals surface area contributed by atoms with Crippen molar-refractivity contribution in [3.8, 4) is 16.9 Å². The van der Waals surface area contributed by atoms with Gasteiger partial charge in [-0.2, -0.15) is 0 Å². The van der Waals surface area contributed by atoms with Crippen LogP contribution in [0, 0.1) is 18.6 Å². The van der Waals surface area contributed by atoms with Crippen molar-refractivity contribution in [3.05, 3.63) is 75.4 Å². The van der Waals surface area contributed by atoms with Crippen molar-refractivity contribution in [1.82, 2.24) is 0 Å². The Kier molecular flexibility index (Phi) is 4.28. The molecule has 0 saturated heterocycles. The van der Waals surface area contributed by atoms with E-state index in [0.717, 1.165) is 16.7 Å². The van der Waals surface area contributed by atoms with E-state index in [1.807, 2.05) is 26.8 Å². The van der Waals surface area contributed by atoms with E-state index in [1.165, 1.54) is 23.3 Å². The first-order chi connectivity index (χ1) is 11.7. The lowest BCUT2D eigenvalue weighted by Crippen LogP contribution is -2.05. The fourth-order valence-corrected chi connectivity index (χ4v) is 3.84. The fourth-order valence-electron chi connectivity index (χ4n) is 3.84. The second-order valence-electron chi connectivity index (χ2n) is 6.87. The summed E-state index contributed by atoms with van der Waals surface area (Å²) in [5.74, 6) is -1.81. The van der Waals surface area contributed by atoms with E-state index in [9.17, 15) is 13.9 Å². The number of aromatic hydroxyl groups is 1. The Bertz CT molecular complexity index is 891. The van der Waals surface area contributed by atoms with Gasteiger partial charge >= 0.3 is 0 Å². The Morgan fingerprint density at radius 2 is 1.40 bits per heavy atom. The van der Waals surface area contributed by atoms with Crippen LogP contribution in [0.15, 0.2) is 52.6 Å². The second-order valence-corrected chi connectivity index (χ2v) is 6.87. The van der Waals surface area contributed by atoms with E-state index in [2.05, 4.69) is 13.8 Å². The minimum absolute atomic E-state index is 0.0713. The maximum atomic E-state index is 14.1. The van der Waals surface area contributed by atoms with E-state index in [0.29, 0.717) is 16.7 Å². The summed E-state index contributed by atoms with van der Waals surface area (Å²) in [6, 6.07) is 7.66. The van der Waals surface area contributed by atoms with Gasteiger partial charge in [0.1, 0.15) is 5.75 Å². The normalized spacial score (nSPS) is 15.5. The monoisotopic (exact) mass is 340 g/mol. The maximum absolute atomic E-state index is 14.1. The van der Waals surface area contributed by atoms with Gasteiger partial charge in [-0.25, -0.2) is 8.78 Å². The van der Waals surface area contributed by atoms with E-state index in [-0.39, 0.29) is 11.7 Å². The Balaban J connectivity index is 2.35. The van der Waals surface area contributed by atoms with Gasteiger partial charge < -0.3 is 5.11 Å². The molecule has 0 aromatic heterocycles. The summed E-state index contributed by atoms with van der Waals surface area (Å²) in [4.78, 5) is 0. The van der Waals surface area contributed by atoms with Crippen LogP contribution in [0.5, 0.6) is 5.75 Å². The smallest absolute Gasteiger partial charge is 0.159 e. The van der Waals surface area contributed by atoms with Crippen LogP contribution in [0.2, 0.25) is 0 Å². The third-order valence-electron chi connectivity index (χ3n) is 5.54. The van der Waals surface area contributed by atoms with Crippen LogP contribution in [0.3, 0.4) is 0 Å². The van der Waals surface area contributed by atoms with Crippen LogP contribution in [0.25, 0.3) is 11.1 Å².